The second-order valence-corrected chi connectivity index (χ2v) is 9.12. The second kappa shape index (κ2) is 15.1. The zero-order valence-electron chi connectivity index (χ0n) is 19.4. The van der Waals surface area contributed by atoms with Gasteiger partial charge in [0, 0.05) is 44.5 Å². The molecule has 0 radical (unpaired) electrons. The number of unbranched alkanes of at least 4 members (excludes halogenated alkanes) is 2. The molecular weight excluding hydrogens is 412 g/mol. The summed E-state index contributed by atoms with van der Waals surface area (Å²) in [5.74, 6) is -0.0232. The summed E-state index contributed by atoms with van der Waals surface area (Å²) in [6, 6.07) is 0. The van der Waals surface area contributed by atoms with Crippen LogP contribution in [0.5, 0.6) is 0 Å². The maximum atomic E-state index is 11.1. The lowest BCUT2D eigenvalue weighted by molar-refractivity contribution is -0.193. The Hall–Kier alpha value is -0.830. The van der Waals surface area contributed by atoms with Crippen LogP contribution < -0.4 is 0 Å². The number of aldehydes is 1. The van der Waals surface area contributed by atoms with Crippen molar-refractivity contribution in [2.24, 2.45) is 11.8 Å². The fraction of sp³-hybridized carbons (Fsp3) is 0.880. The molecule has 184 valence electrons. The molecule has 0 aromatic heterocycles. The Labute approximate surface area is 192 Å². The van der Waals surface area contributed by atoms with Crippen molar-refractivity contribution >= 4 is 6.29 Å². The minimum absolute atomic E-state index is 0.0490. The van der Waals surface area contributed by atoms with Crippen LogP contribution in [-0.2, 0) is 28.5 Å². The maximum absolute atomic E-state index is 11.1. The van der Waals surface area contributed by atoms with E-state index in [0.717, 1.165) is 77.5 Å². The van der Waals surface area contributed by atoms with Crippen LogP contribution in [0, 0.1) is 11.8 Å². The molecule has 7 nitrogen and oxygen atoms in total. The smallest absolute Gasteiger partial charge is 0.157 e. The molecule has 3 rings (SSSR count). The third-order valence-electron chi connectivity index (χ3n) is 6.66. The van der Waals surface area contributed by atoms with Crippen molar-refractivity contribution in [3.63, 3.8) is 0 Å². The van der Waals surface area contributed by atoms with Crippen molar-refractivity contribution < 1.29 is 33.6 Å². The van der Waals surface area contributed by atoms with Gasteiger partial charge in [-0.05, 0) is 57.8 Å². The summed E-state index contributed by atoms with van der Waals surface area (Å²) in [4.78, 5) is 11.1. The van der Waals surface area contributed by atoms with E-state index in [1.54, 1.807) is 0 Å². The fourth-order valence-corrected chi connectivity index (χ4v) is 4.86. The number of rotatable bonds is 14. The molecule has 3 aliphatic rings. The molecule has 1 N–H and O–H groups in total. The zero-order valence-corrected chi connectivity index (χ0v) is 19.4. The lowest BCUT2D eigenvalue weighted by Crippen LogP contribution is -2.30. The van der Waals surface area contributed by atoms with E-state index >= 15 is 0 Å². The van der Waals surface area contributed by atoms with Gasteiger partial charge in [-0.15, -0.1) is 0 Å². The van der Waals surface area contributed by atoms with E-state index in [0.29, 0.717) is 26.1 Å². The highest BCUT2D eigenvalue weighted by Gasteiger charge is 2.42. The largest absolute Gasteiger partial charge is 0.393 e. The number of hydrogen-bond acceptors (Lipinski definition) is 7. The van der Waals surface area contributed by atoms with Crippen LogP contribution >= 0.6 is 0 Å². The van der Waals surface area contributed by atoms with Gasteiger partial charge in [0.15, 0.2) is 12.6 Å². The standard InChI is InChI=1S/C25H42O7/c26-13-12-20-21(23(19-22(20)27)32-25-11-5-8-16-30-25)9-3-1-2-6-14-28-17-18-31-24-10-4-7-15-29-24/h3,9,13,20-25,27H,1-2,4-8,10-12,14-19H2/t20-,21-,22+,23-,24?,25?/m1/s1. The van der Waals surface area contributed by atoms with Gasteiger partial charge in [-0.1, -0.05) is 12.2 Å². The summed E-state index contributed by atoms with van der Waals surface area (Å²) in [5, 5.41) is 10.5. The molecule has 0 spiro atoms. The summed E-state index contributed by atoms with van der Waals surface area (Å²) in [7, 11) is 0. The normalized spacial score (nSPS) is 33.7. The number of ether oxygens (including phenoxy) is 5. The van der Waals surface area contributed by atoms with Crippen molar-refractivity contribution in [2.45, 2.75) is 95.4 Å². The maximum Gasteiger partial charge on any atom is 0.157 e. The highest BCUT2D eigenvalue weighted by molar-refractivity contribution is 5.50. The molecule has 3 fully saturated rings. The van der Waals surface area contributed by atoms with Crippen LogP contribution in [0.4, 0.5) is 0 Å². The highest BCUT2D eigenvalue weighted by Crippen LogP contribution is 2.38. The Morgan fingerprint density at radius 2 is 1.72 bits per heavy atom. The van der Waals surface area contributed by atoms with E-state index in [2.05, 4.69) is 12.2 Å². The monoisotopic (exact) mass is 454 g/mol. The minimum Gasteiger partial charge on any atom is -0.393 e. The first-order chi connectivity index (χ1) is 15.8. The third kappa shape index (κ3) is 8.84. The van der Waals surface area contributed by atoms with E-state index in [1.807, 2.05) is 0 Å². The van der Waals surface area contributed by atoms with E-state index in [-0.39, 0.29) is 30.5 Å². The molecule has 0 amide bonds. The van der Waals surface area contributed by atoms with Gasteiger partial charge in [0.05, 0.1) is 25.4 Å². The van der Waals surface area contributed by atoms with Gasteiger partial charge in [-0.2, -0.15) is 0 Å². The van der Waals surface area contributed by atoms with Crippen molar-refractivity contribution in [1.82, 2.24) is 0 Å². The average Bonchev–Trinajstić information content (AvgIpc) is 3.10. The van der Waals surface area contributed by atoms with Crippen LogP contribution in [0.2, 0.25) is 0 Å². The number of hydrogen-bond donors (Lipinski definition) is 1. The lowest BCUT2D eigenvalue weighted by atomic mass is 9.90. The van der Waals surface area contributed by atoms with Crippen LogP contribution in [0.1, 0.15) is 70.6 Å². The Balaban J connectivity index is 1.30. The van der Waals surface area contributed by atoms with Crippen molar-refractivity contribution in [1.29, 1.82) is 0 Å². The van der Waals surface area contributed by atoms with Crippen molar-refractivity contribution in [3.8, 4) is 0 Å². The molecule has 0 aromatic carbocycles. The van der Waals surface area contributed by atoms with Gasteiger partial charge < -0.3 is 33.6 Å². The van der Waals surface area contributed by atoms with Crippen molar-refractivity contribution in [2.75, 3.05) is 33.0 Å². The first-order valence-corrected chi connectivity index (χ1v) is 12.6. The molecule has 32 heavy (non-hydrogen) atoms. The molecular formula is C25H42O7. The molecule has 2 aliphatic heterocycles. The average molecular weight is 455 g/mol. The minimum atomic E-state index is -0.502. The number of allylic oxidation sites excluding steroid dienone is 1. The van der Waals surface area contributed by atoms with E-state index in [4.69, 9.17) is 23.7 Å². The van der Waals surface area contributed by atoms with Gasteiger partial charge in [-0.3, -0.25) is 0 Å². The summed E-state index contributed by atoms with van der Waals surface area (Å²) in [6.07, 6.45) is 14.7. The summed E-state index contributed by atoms with van der Waals surface area (Å²) in [6.45, 7) is 3.45. The second-order valence-electron chi connectivity index (χ2n) is 9.12. The zero-order chi connectivity index (χ0) is 22.4. The molecule has 6 atom stereocenters. The first kappa shape index (κ1) is 25.8. The van der Waals surface area contributed by atoms with Crippen molar-refractivity contribution in [3.05, 3.63) is 12.2 Å². The SMILES string of the molecule is O=CC[C@@H]1[C@@H](C=CCCCCOCCOC2CCCCO2)[C@H](OC2CCCCO2)C[C@@H]1O. The fourth-order valence-electron chi connectivity index (χ4n) is 4.86. The molecule has 0 aromatic rings. The molecule has 2 heterocycles. The first-order valence-electron chi connectivity index (χ1n) is 12.6. The number of carbonyl (C=O) groups is 1. The van der Waals surface area contributed by atoms with E-state index in [9.17, 15) is 9.90 Å². The van der Waals surface area contributed by atoms with Crippen LogP contribution in [0.15, 0.2) is 12.2 Å². The third-order valence-corrected chi connectivity index (χ3v) is 6.66. The van der Waals surface area contributed by atoms with E-state index < -0.39 is 6.10 Å². The van der Waals surface area contributed by atoms with Gasteiger partial charge in [-0.25, -0.2) is 0 Å². The Morgan fingerprint density at radius 3 is 2.44 bits per heavy atom. The Kier molecular flexibility index (Phi) is 12.2. The Morgan fingerprint density at radius 1 is 0.938 bits per heavy atom. The number of aliphatic hydroxyl groups excluding tert-OH is 1. The molecule has 2 unspecified atom stereocenters. The number of carbonyl (C=O) groups excluding carboxylic acids is 1. The highest BCUT2D eigenvalue weighted by atomic mass is 16.7. The molecule has 1 saturated carbocycles. The molecule has 1 aliphatic carbocycles. The predicted molar refractivity (Wildman–Crippen MR) is 120 cm³/mol. The van der Waals surface area contributed by atoms with Gasteiger partial charge >= 0.3 is 0 Å². The van der Waals surface area contributed by atoms with Gasteiger partial charge in [0.2, 0.25) is 0 Å². The Bertz CT molecular complexity index is 528. The quantitative estimate of drug-likeness (QED) is 0.243. The van der Waals surface area contributed by atoms with Gasteiger partial charge in [0.25, 0.3) is 0 Å². The van der Waals surface area contributed by atoms with Crippen LogP contribution in [0.25, 0.3) is 0 Å². The topological polar surface area (TPSA) is 83.5 Å². The summed E-state index contributed by atoms with van der Waals surface area (Å²) < 4.78 is 28.8. The molecule has 7 heteroatoms. The predicted octanol–water partition coefficient (Wildman–Crippen LogP) is 3.77. The van der Waals surface area contributed by atoms with Gasteiger partial charge in [0.1, 0.15) is 6.29 Å². The van der Waals surface area contributed by atoms with Crippen LogP contribution in [-0.4, -0.2) is 69.2 Å². The summed E-state index contributed by atoms with van der Waals surface area (Å²) >= 11 is 0. The van der Waals surface area contributed by atoms with E-state index in [1.165, 1.54) is 6.42 Å². The number of aliphatic hydroxyl groups is 1. The molecule has 2 saturated heterocycles. The van der Waals surface area contributed by atoms with Crippen LogP contribution in [0.3, 0.4) is 0 Å². The summed E-state index contributed by atoms with van der Waals surface area (Å²) in [5.41, 5.74) is 0. The lowest BCUT2D eigenvalue weighted by Gasteiger charge is -2.28. The molecule has 0 bridgehead atoms.